The van der Waals surface area contributed by atoms with Crippen LogP contribution in [0.5, 0.6) is 11.5 Å². The van der Waals surface area contributed by atoms with Crippen molar-refractivity contribution < 1.29 is 23.8 Å². The zero-order chi connectivity index (χ0) is 24.3. The SMILES string of the molecule is COc1cccc(C(=O)N2CC[C@]3(CN(Cc4ccccc4)C(=O)O3)C2)c1OCc1ccccn1. The highest BCUT2D eigenvalue weighted by Crippen LogP contribution is 2.37. The highest BCUT2D eigenvalue weighted by molar-refractivity contribution is 5.98. The molecular weight excluding hydrogens is 446 g/mol. The van der Waals surface area contributed by atoms with Gasteiger partial charge in [0.1, 0.15) is 6.61 Å². The van der Waals surface area contributed by atoms with Gasteiger partial charge in [-0.25, -0.2) is 4.79 Å². The van der Waals surface area contributed by atoms with Crippen molar-refractivity contribution >= 4 is 12.0 Å². The van der Waals surface area contributed by atoms with Gasteiger partial charge in [0.05, 0.1) is 31.5 Å². The quantitative estimate of drug-likeness (QED) is 0.518. The van der Waals surface area contributed by atoms with Crippen molar-refractivity contribution in [1.29, 1.82) is 0 Å². The van der Waals surface area contributed by atoms with Gasteiger partial charge in [-0.1, -0.05) is 42.5 Å². The molecule has 0 unspecified atom stereocenters. The smallest absolute Gasteiger partial charge is 0.410 e. The Bertz CT molecular complexity index is 1200. The number of ether oxygens (including phenoxy) is 3. The highest BCUT2D eigenvalue weighted by Gasteiger charge is 2.50. The Balaban J connectivity index is 1.30. The predicted molar refractivity (Wildman–Crippen MR) is 128 cm³/mol. The van der Waals surface area contributed by atoms with Crippen molar-refractivity contribution in [3.63, 3.8) is 0 Å². The molecule has 2 aromatic carbocycles. The van der Waals surface area contributed by atoms with Gasteiger partial charge in [0.15, 0.2) is 17.1 Å². The van der Waals surface area contributed by atoms with E-state index in [1.54, 1.807) is 41.3 Å². The molecule has 0 bridgehead atoms. The third-order valence-corrected chi connectivity index (χ3v) is 6.38. The Labute approximate surface area is 204 Å². The molecule has 1 aromatic heterocycles. The summed E-state index contributed by atoms with van der Waals surface area (Å²) < 4.78 is 17.3. The van der Waals surface area contributed by atoms with Crippen LogP contribution < -0.4 is 9.47 Å². The molecule has 0 aliphatic carbocycles. The molecule has 2 amide bonds. The normalized spacial score (nSPS) is 19.2. The number of amides is 2. The number of hydrogen-bond donors (Lipinski definition) is 0. The van der Waals surface area contributed by atoms with Crippen molar-refractivity contribution in [2.45, 2.75) is 25.2 Å². The van der Waals surface area contributed by atoms with E-state index in [2.05, 4.69) is 4.98 Å². The van der Waals surface area contributed by atoms with Crippen molar-refractivity contribution in [3.8, 4) is 11.5 Å². The Morgan fingerprint density at radius 1 is 1.06 bits per heavy atom. The maximum Gasteiger partial charge on any atom is 0.410 e. The molecule has 0 saturated carbocycles. The van der Waals surface area contributed by atoms with Gasteiger partial charge in [-0.2, -0.15) is 0 Å². The molecule has 1 spiro atoms. The number of nitrogens with zero attached hydrogens (tertiary/aromatic N) is 3. The lowest BCUT2D eigenvalue weighted by Crippen LogP contribution is -2.39. The molecular formula is C27H27N3O5. The summed E-state index contributed by atoms with van der Waals surface area (Å²) in [5, 5.41) is 0. The number of methoxy groups -OCH3 is 1. The summed E-state index contributed by atoms with van der Waals surface area (Å²) >= 11 is 0. The topological polar surface area (TPSA) is 81.2 Å². The van der Waals surface area contributed by atoms with Crippen LogP contribution in [-0.2, 0) is 17.9 Å². The summed E-state index contributed by atoms with van der Waals surface area (Å²) in [7, 11) is 1.54. The van der Waals surface area contributed by atoms with Gasteiger partial charge in [-0.3, -0.25) is 14.7 Å². The first kappa shape index (κ1) is 22.7. The van der Waals surface area contributed by atoms with Gasteiger partial charge in [0, 0.05) is 25.7 Å². The van der Waals surface area contributed by atoms with Gasteiger partial charge < -0.3 is 19.1 Å². The van der Waals surface area contributed by atoms with Crippen LogP contribution in [-0.4, -0.2) is 59.1 Å². The van der Waals surface area contributed by atoms with Crippen LogP contribution in [0.25, 0.3) is 0 Å². The summed E-state index contributed by atoms with van der Waals surface area (Å²) in [4.78, 5) is 33.9. The first-order chi connectivity index (χ1) is 17.1. The average molecular weight is 474 g/mol. The van der Waals surface area contributed by atoms with Gasteiger partial charge >= 0.3 is 6.09 Å². The summed E-state index contributed by atoms with van der Waals surface area (Å²) in [5.41, 5.74) is 1.49. The third kappa shape index (κ3) is 4.77. The van der Waals surface area contributed by atoms with E-state index in [-0.39, 0.29) is 18.6 Å². The van der Waals surface area contributed by atoms with E-state index in [0.29, 0.717) is 49.7 Å². The Kier molecular flexibility index (Phi) is 6.27. The highest BCUT2D eigenvalue weighted by atomic mass is 16.6. The monoisotopic (exact) mass is 473 g/mol. The van der Waals surface area contributed by atoms with E-state index in [1.165, 1.54) is 0 Å². The molecule has 8 nitrogen and oxygen atoms in total. The molecule has 2 fully saturated rings. The molecule has 0 N–H and O–H groups in total. The standard InChI is InChI=1S/C27H27N3O5/c1-33-23-12-7-11-22(24(23)34-17-21-10-5-6-14-28-21)25(31)29-15-13-27(18-29)19-30(26(32)35-27)16-20-8-3-2-4-9-20/h2-12,14H,13,15-19H2,1H3/t27-/m1/s1. The molecule has 5 rings (SSSR count). The molecule has 8 heteroatoms. The first-order valence-electron chi connectivity index (χ1n) is 11.6. The minimum absolute atomic E-state index is 0.186. The van der Waals surface area contributed by atoms with Crippen LogP contribution in [0, 0.1) is 0 Å². The Morgan fingerprint density at radius 3 is 2.66 bits per heavy atom. The zero-order valence-electron chi connectivity index (χ0n) is 19.6. The number of aromatic nitrogens is 1. The molecule has 35 heavy (non-hydrogen) atoms. The number of carbonyl (C=O) groups is 2. The zero-order valence-corrected chi connectivity index (χ0v) is 19.6. The number of pyridine rings is 1. The van der Waals surface area contributed by atoms with Crippen molar-refractivity contribution in [2.24, 2.45) is 0 Å². The van der Waals surface area contributed by atoms with E-state index >= 15 is 0 Å². The third-order valence-electron chi connectivity index (χ3n) is 6.38. The number of rotatable bonds is 7. The lowest BCUT2D eigenvalue weighted by molar-refractivity contribution is 0.0550. The number of benzene rings is 2. The number of para-hydroxylation sites is 1. The summed E-state index contributed by atoms with van der Waals surface area (Å²) in [6.07, 6.45) is 1.94. The minimum Gasteiger partial charge on any atom is -0.493 e. The maximum atomic E-state index is 13.6. The van der Waals surface area contributed by atoms with E-state index in [1.807, 2.05) is 48.5 Å². The summed E-state index contributed by atoms with van der Waals surface area (Å²) in [6.45, 7) is 1.96. The predicted octanol–water partition coefficient (Wildman–Crippen LogP) is 3.91. The van der Waals surface area contributed by atoms with E-state index in [0.717, 1.165) is 11.3 Å². The van der Waals surface area contributed by atoms with Gasteiger partial charge in [-0.05, 0) is 29.8 Å². The fourth-order valence-electron chi connectivity index (χ4n) is 4.64. The van der Waals surface area contributed by atoms with Crippen molar-refractivity contribution in [1.82, 2.24) is 14.8 Å². The van der Waals surface area contributed by atoms with Crippen LogP contribution in [0.4, 0.5) is 4.79 Å². The largest absolute Gasteiger partial charge is 0.493 e. The van der Waals surface area contributed by atoms with Crippen molar-refractivity contribution in [3.05, 3.63) is 89.7 Å². The molecule has 1 atom stereocenters. The number of hydrogen-bond acceptors (Lipinski definition) is 6. The molecule has 2 aliphatic rings. The van der Waals surface area contributed by atoms with Gasteiger partial charge in [0.25, 0.3) is 5.91 Å². The molecule has 3 heterocycles. The lowest BCUT2D eigenvalue weighted by Gasteiger charge is -2.23. The fraction of sp³-hybridized carbons (Fsp3) is 0.296. The second kappa shape index (κ2) is 9.66. The second-order valence-corrected chi connectivity index (χ2v) is 8.82. The van der Waals surface area contributed by atoms with Crippen LogP contribution in [0.15, 0.2) is 72.9 Å². The molecule has 180 valence electrons. The van der Waals surface area contributed by atoms with Gasteiger partial charge in [-0.15, -0.1) is 0 Å². The van der Waals surface area contributed by atoms with Crippen molar-refractivity contribution in [2.75, 3.05) is 26.7 Å². The minimum atomic E-state index is -0.699. The van der Waals surface area contributed by atoms with E-state index in [9.17, 15) is 9.59 Å². The Hall–Kier alpha value is -4.07. The molecule has 3 aromatic rings. The van der Waals surface area contributed by atoms with Crippen LogP contribution in [0.2, 0.25) is 0 Å². The van der Waals surface area contributed by atoms with E-state index < -0.39 is 5.60 Å². The Morgan fingerprint density at radius 2 is 1.89 bits per heavy atom. The molecule has 2 saturated heterocycles. The summed E-state index contributed by atoms with van der Waals surface area (Å²) in [6, 6.07) is 20.6. The average Bonchev–Trinajstić information content (AvgIpc) is 3.44. The number of likely N-dealkylation sites (tertiary alicyclic amines) is 1. The van der Waals surface area contributed by atoms with Crippen LogP contribution in [0.1, 0.15) is 28.0 Å². The fourth-order valence-corrected chi connectivity index (χ4v) is 4.64. The maximum absolute atomic E-state index is 13.6. The first-order valence-corrected chi connectivity index (χ1v) is 11.6. The molecule has 2 aliphatic heterocycles. The van der Waals surface area contributed by atoms with Gasteiger partial charge in [0.2, 0.25) is 0 Å². The van der Waals surface area contributed by atoms with Crippen LogP contribution >= 0.6 is 0 Å². The van der Waals surface area contributed by atoms with E-state index in [4.69, 9.17) is 14.2 Å². The lowest BCUT2D eigenvalue weighted by atomic mass is 10.0. The second-order valence-electron chi connectivity index (χ2n) is 8.82. The van der Waals surface area contributed by atoms with Crippen LogP contribution in [0.3, 0.4) is 0 Å². The summed E-state index contributed by atoms with van der Waals surface area (Å²) in [5.74, 6) is 0.664. The molecule has 0 radical (unpaired) electrons. The number of carbonyl (C=O) groups excluding carboxylic acids is 2.